The molecule has 2 aromatic rings. The molecule has 4 heteroatoms. The summed E-state index contributed by atoms with van der Waals surface area (Å²) in [7, 11) is 0. The van der Waals surface area contributed by atoms with Crippen molar-refractivity contribution in [3.63, 3.8) is 0 Å². The molecule has 1 heterocycles. The van der Waals surface area contributed by atoms with E-state index in [1.165, 1.54) is 6.20 Å². The fourth-order valence-electron chi connectivity index (χ4n) is 1.35. The van der Waals surface area contributed by atoms with Crippen molar-refractivity contribution in [3.05, 3.63) is 63.9 Å². The third-order valence-electron chi connectivity index (χ3n) is 2.24. The Morgan fingerprint density at radius 3 is 2.72 bits per heavy atom. The number of hydrogen-bond donors (Lipinski definition) is 1. The quantitative estimate of drug-likeness (QED) is 0.822. The van der Waals surface area contributed by atoms with Crippen molar-refractivity contribution in [2.75, 3.05) is 0 Å². The molecule has 0 spiro atoms. The Hall–Kier alpha value is -2.12. The van der Waals surface area contributed by atoms with E-state index in [9.17, 15) is 4.79 Å². The standard InChI is InChI=1S/C14H9BrN2O/c15-13-4-2-1-3-11(13)6-5-10-7-12(14(16)18)9-17-8-10/h1-4,7-9H,(H2,16,18). The highest BCUT2D eigenvalue weighted by Crippen LogP contribution is 2.14. The largest absolute Gasteiger partial charge is 0.366 e. The van der Waals surface area contributed by atoms with Gasteiger partial charge in [-0.2, -0.15) is 0 Å². The second-order valence-corrected chi connectivity index (χ2v) is 4.41. The number of benzene rings is 1. The van der Waals surface area contributed by atoms with Crippen LogP contribution in [-0.2, 0) is 0 Å². The third kappa shape index (κ3) is 2.96. The summed E-state index contributed by atoms with van der Waals surface area (Å²) >= 11 is 3.42. The molecule has 0 bridgehead atoms. The number of primary amides is 1. The maximum atomic E-state index is 11.0. The van der Waals surface area contributed by atoms with Gasteiger partial charge in [0, 0.05) is 28.0 Å². The molecule has 0 unspecified atom stereocenters. The SMILES string of the molecule is NC(=O)c1cncc(C#Cc2ccccc2Br)c1. The van der Waals surface area contributed by atoms with Crippen LogP contribution in [0.4, 0.5) is 0 Å². The predicted molar refractivity (Wildman–Crippen MR) is 72.9 cm³/mol. The van der Waals surface area contributed by atoms with Crippen molar-refractivity contribution in [2.24, 2.45) is 5.73 Å². The van der Waals surface area contributed by atoms with Crippen LogP contribution in [0.5, 0.6) is 0 Å². The lowest BCUT2D eigenvalue weighted by atomic mass is 10.2. The van der Waals surface area contributed by atoms with Crippen molar-refractivity contribution >= 4 is 21.8 Å². The van der Waals surface area contributed by atoms with Crippen molar-refractivity contribution < 1.29 is 4.79 Å². The molecule has 0 radical (unpaired) electrons. The fourth-order valence-corrected chi connectivity index (χ4v) is 1.73. The van der Waals surface area contributed by atoms with Crippen molar-refractivity contribution in [3.8, 4) is 11.8 Å². The molecule has 0 fully saturated rings. The van der Waals surface area contributed by atoms with E-state index >= 15 is 0 Å². The van der Waals surface area contributed by atoms with Gasteiger partial charge in [0.05, 0.1) is 5.56 Å². The van der Waals surface area contributed by atoms with Crippen LogP contribution in [0.1, 0.15) is 21.5 Å². The van der Waals surface area contributed by atoms with Crippen LogP contribution in [-0.4, -0.2) is 10.9 Å². The van der Waals surface area contributed by atoms with E-state index in [0.717, 1.165) is 10.0 Å². The van der Waals surface area contributed by atoms with Crippen LogP contribution >= 0.6 is 15.9 Å². The van der Waals surface area contributed by atoms with Gasteiger partial charge in [-0.15, -0.1) is 0 Å². The van der Waals surface area contributed by atoms with E-state index in [2.05, 4.69) is 32.8 Å². The number of aromatic nitrogens is 1. The molecule has 0 aliphatic heterocycles. The van der Waals surface area contributed by atoms with Gasteiger partial charge in [-0.3, -0.25) is 9.78 Å². The van der Waals surface area contributed by atoms with Crippen molar-refractivity contribution in [1.82, 2.24) is 4.98 Å². The molecule has 1 amide bonds. The number of halogens is 1. The van der Waals surface area contributed by atoms with E-state index in [1.807, 2.05) is 24.3 Å². The zero-order chi connectivity index (χ0) is 13.0. The molecular formula is C14H9BrN2O. The summed E-state index contributed by atoms with van der Waals surface area (Å²) in [4.78, 5) is 14.9. The van der Waals surface area contributed by atoms with Gasteiger partial charge in [0.25, 0.3) is 0 Å². The summed E-state index contributed by atoms with van der Waals surface area (Å²) in [6, 6.07) is 9.28. The Labute approximate surface area is 113 Å². The number of carbonyl (C=O) groups excluding carboxylic acids is 1. The van der Waals surface area contributed by atoms with Gasteiger partial charge in [-0.1, -0.05) is 24.0 Å². The Balaban J connectivity index is 2.33. The maximum absolute atomic E-state index is 11.0. The first-order chi connectivity index (χ1) is 8.66. The smallest absolute Gasteiger partial charge is 0.250 e. The number of nitrogens with two attached hydrogens (primary N) is 1. The summed E-state index contributed by atoms with van der Waals surface area (Å²) in [5, 5.41) is 0. The summed E-state index contributed by atoms with van der Waals surface area (Å²) in [5.41, 5.74) is 7.07. The number of pyridine rings is 1. The van der Waals surface area contributed by atoms with Crippen LogP contribution in [0.3, 0.4) is 0 Å². The third-order valence-corrected chi connectivity index (χ3v) is 2.93. The van der Waals surface area contributed by atoms with Gasteiger partial charge in [-0.05, 0) is 34.1 Å². The number of hydrogen-bond acceptors (Lipinski definition) is 2. The highest BCUT2D eigenvalue weighted by Gasteiger charge is 2.00. The van der Waals surface area contributed by atoms with Crippen LogP contribution in [0, 0.1) is 11.8 Å². The topological polar surface area (TPSA) is 56.0 Å². The number of carbonyl (C=O) groups is 1. The van der Waals surface area contributed by atoms with E-state index in [1.54, 1.807) is 12.3 Å². The lowest BCUT2D eigenvalue weighted by Gasteiger charge is -1.95. The zero-order valence-corrected chi connectivity index (χ0v) is 10.9. The van der Waals surface area contributed by atoms with Gasteiger partial charge >= 0.3 is 0 Å². The Morgan fingerprint density at radius 1 is 1.22 bits per heavy atom. The Kier molecular flexibility index (Phi) is 3.75. The minimum absolute atomic E-state index is 0.355. The average Bonchev–Trinajstić information content (AvgIpc) is 2.38. The molecule has 2 N–H and O–H groups in total. The molecule has 0 saturated carbocycles. The molecule has 88 valence electrons. The average molecular weight is 301 g/mol. The van der Waals surface area contributed by atoms with Gasteiger partial charge in [-0.25, -0.2) is 0 Å². The Bertz CT molecular complexity index is 656. The van der Waals surface area contributed by atoms with E-state index in [-0.39, 0.29) is 0 Å². The molecule has 0 aliphatic carbocycles. The molecule has 18 heavy (non-hydrogen) atoms. The summed E-state index contributed by atoms with van der Waals surface area (Å²) < 4.78 is 0.927. The minimum atomic E-state index is -0.507. The first kappa shape index (κ1) is 12.3. The van der Waals surface area contributed by atoms with Crippen molar-refractivity contribution in [2.45, 2.75) is 0 Å². The van der Waals surface area contributed by atoms with E-state index in [0.29, 0.717) is 11.1 Å². The van der Waals surface area contributed by atoms with Crippen LogP contribution in [0.25, 0.3) is 0 Å². The highest BCUT2D eigenvalue weighted by molar-refractivity contribution is 9.10. The van der Waals surface area contributed by atoms with E-state index < -0.39 is 5.91 Å². The van der Waals surface area contributed by atoms with Crippen LogP contribution < -0.4 is 5.73 Å². The first-order valence-corrected chi connectivity index (χ1v) is 5.97. The lowest BCUT2D eigenvalue weighted by Crippen LogP contribution is -2.11. The molecule has 3 nitrogen and oxygen atoms in total. The maximum Gasteiger partial charge on any atom is 0.250 e. The summed E-state index contributed by atoms with van der Waals surface area (Å²) in [6.07, 6.45) is 3.02. The molecular weight excluding hydrogens is 292 g/mol. The summed E-state index contributed by atoms with van der Waals surface area (Å²) in [6.45, 7) is 0. The second kappa shape index (κ2) is 5.48. The molecule has 1 aromatic heterocycles. The van der Waals surface area contributed by atoms with Gasteiger partial charge in [0.1, 0.15) is 0 Å². The normalized spacial score (nSPS) is 9.39. The van der Waals surface area contributed by atoms with Gasteiger partial charge in [0.2, 0.25) is 5.91 Å². The fraction of sp³-hybridized carbons (Fsp3) is 0. The molecule has 1 aromatic carbocycles. The molecule has 0 aliphatic rings. The number of nitrogens with zero attached hydrogens (tertiary/aromatic N) is 1. The zero-order valence-electron chi connectivity index (χ0n) is 9.35. The van der Waals surface area contributed by atoms with E-state index in [4.69, 9.17) is 5.73 Å². The highest BCUT2D eigenvalue weighted by atomic mass is 79.9. The predicted octanol–water partition coefficient (Wildman–Crippen LogP) is 2.34. The lowest BCUT2D eigenvalue weighted by molar-refractivity contribution is 0.1000. The summed E-state index contributed by atoms with van der Waals surface area (Å²) in [5.74, 6) is 5.45. The van der Waals surface area contributed by atoms with Gasteiger partial charge in [0.15, 0.2) is 0 Å². The molecule has 0 atom stereocenters. The Morgan fingerprint density at radius 2 is 2.00 bits per heavy atom. The van der Waals surface area contributed by atoms with Crippen LogP contribution in [0.2, 0.25) is 0 Å². The monoisotopic (exact) mass is 300 g/mol. The molecule has 0 saturated heterocycles. The second-order valence-electron chi connectivity index (χ2n) is 3.56. The van der Waals surface area contributed by atoms with Gasteiger partial charge < -0.3 is 5.73 Å². The number of amides is 1. The van der Waals surface area contributed by atoms with Crippen molar-refractivity contribution in [1.29, 1.82) is 0 Å². The van der Waals surface area contributed by atoms with Crippen LogP contribution in [0.15, 0.2) is 47.2 Å². The first-order valence-electron chi connectivity index (χ1n) is 5.18. The minimum Gasteiger partial charge on any atom is -0.366 e. The number of rotatable bonds is 1. The molecule has 2 rings (SSSR count).